The number of carbonyl (C=O) groups is 1. The number of thiazole rings is 1. The van der Waals surface area contributed by atoms with Gasteiger partial charge in [-0.05, 0) is 43.2 Å². The van der Waals surface area contributed by atoms with Crippen LogP contribution in [0.1, 0.15) is 37.3 Å². The van der Waals surface area contributed by atoms with E-state index in [1.54, 1.807) is 0 Å². The molecule has 0 unspecified atom stereocenters. The Balaban J connectivity index is 2.09. The lowest BCUT2D eigenvalue weighted by Gasteiger charge is -2.14. The van der Waals surface area contributed by atoms with Gasteiger partial charge in [0.25, 0.3) is 0 Å². The van der Waals surface area contributed by atoms with Gasteiger partial charge in [0.1, 0.15) is 5.01 Å². The van der Waals surface area contributed by atoms with Crippen molar-refractivity contribution in [3.8, 4) is 11.5 Å². The quantitative estimate of drug-likeness (QED) is 0.516. The Bertz CT molecular complexity index is 960. The summed E-state index contributed by atoms with van der Waals surface area (Å²) in [6.45, 7) is 5.04. The molecule has 1 N–H and O–H groups in total. The highest BCUT2D eigenvalue weighted by atomic mass is 32.1. The molecule has 0 radical (unpaired) electrons. The minimum absolute atomic E-state index is 0.119. The molecule has 0 saturated carbocycles. The number of hydrogen-bond acceptors (Lipinski definition) is 5. The Kier molecular flexibility index (Phi) is 6.66. The van der Waals surface area contributed by atoms with Gasteiger partial charge in [-0.1, -0.05) is 31.2 Å². The minimum atomic E-state index is -0.900. The van der Waals surface area contributed by atoms with E-state index in [0.29, 0.717) is 35.3 Å². The van der Waals surface area contributed by atoms with E-state index < -0.39 is 5.97 Å². The van der Waals surface area contributed by atoms with Crippen LogP contribution in [0.5, 0.6) is 11.5 Å². The van der Waals surface area contributed by atoms with Crippen LogP contribution in [0.3, 0.4) is 0 Å². The van der Waals surface area contributed by atoms with Crippen molar-refractivity contribution in [2.45, 2.75) is 26.7 Å². The molecule has 0 saturated heterocycles. The van der Waals surface area contributed by atoms with E-state index in [-0.39, 0.29) is 6.42 Å². The van der Waals surface area contributed by atoms with Gasteiger partial charge < -0.3 is 14.6 Å². The summed E-state index contributed by atoms with van der Waals surface area (Å²) < 4.78 is 12.7. The molecule has 146 valence electrons. The van der Waals surface area contributed by atoms with E-state index in [1.807, 2.05) is 62.4 Å². The van der Waals surface area contributed by atoms with Crippen molar-refractivity contribution in [2.75, 3.05) is 13.2 Å². The first-order chi connectivity index (χ1) is 13.6. The second-order valence-corrected chi connectivity index (χ2v) is 7.21. The van der Waals surface area contributed by atoms with E-state index in [2.05, 4.69) is 4.98 Å². The van der Waals surface area contributed by atoms with Crippen LogP contribution < -0.4 is 9.47 Å². The number of rotatable bonds is 9. The topological polar surface area (TPSA) is 68.7 Å². The fourth-order valence-corrected chi connectivity index (χ4v) is 3.80. The number of carboxylic acids is 1. The third-order valence-electron chi connectivity index (χ3n) is 4.00. The molecule has 1 aromatic heterocycles. The number of carboxylic acid groups (broad SMARTS) is 1. The first-order valence-corrected chi connectivity index (χ1v) is 10.1. The molecule has 0 aliphatic rings. The van der Waals surface area contributed by atoms with Crippen molar-refractivity contribution < 1.29 is 19.4 Å². The third-order valence-corrected chi connectivity index (χ3v) is 5.11. The summed E-state index contributed by atoms with van der Waals surface area (Å²) in [7, 11) is 0. The zero-order valence-corrected chi connectivity index (χ0v) is 16.8. The normalized spacial score (nSPS) is 11.6. The molecule has 2 aromatic carbocycles. The number of hydrogen-bond donors (Lipinski definition) is 1. The van der Waals surface area contributed by atoms with Crippen LogP contribution in [0, 0.1) is 0 Å². The van der Waals surface area contributed by atoms with E-state index in [4.69, 9.17) is 9.47 Å². The minimum Gasteiger partial charge on any atom is -0.490 e. The first-order valence-electron chi connectivity index (χ1n) is 9.29. The average molecular weight is 397 g/mol. The Morgan fingerprint density at radius 2 is 1.96 bits per heavy atom. The van der Waals surface area contributed by atoms with Crippen molar-refractivity contribution in [3.63, 3.8) is 0 Å². The summed E-state index contributed by atoms with van der Waals surface area (Å²) >= 11 is 1.49. The highest BCUT2D eigenvalue weighted by molar-refractivity contribution is 7.19. The molecule has 28 heavy (non-hydrogen) atoms. The number of para-hydroxylation sites is 2. The van der Waals surface area contributed by atoms with Crippen molar-refractivity contribution in [1.29, 1.82) is 0 Å². The molecule has 0 atom stereocenters. The summed E-state index contributed by atoms with van der Waals surface area (Å²) in [5, 5.41) is 10.1. The van der Waals surface area contributed by atoms with Crippen molar-refractivity contribution in [2.24, 2.45) is 0 Å². The molecule has 0 aliphatic carbocycles. The zero-order valence-electron chi connectivity index (χ0n) is 16.0. The van der Waals surface area contributed by atoms with Crippen LogP contribution in [-0.4, -0.2) is 29.3 Å². The number of aromatic nitrogens is 1. The molecule has 3 aromatic rings. The van der Waals surface area contributed by atoms with Gasteiger partial charge >= 0.3 is 5.97 Å². The fraction of sp³-hybridized carbons (Fsp3) is 0.273. The van der Waals surface area contributed by atoms with Crippen molar-refractivity contribution in [3.05, 3.63) is 53.0 Å². The van der Waals surface area contributed by atoms with Crippen LogP contribution in [0.4, 0.5) is 0 Å². The van der Waals surface area contributed by atoms with E-state index in [9.17, 15) is 9.90 Å². The van der Waals surface area contributed by atoms with Gasteiger partial charge in [-0.2, -0.15) is 0 Å². The predicted molar refractivity (Wildman–Crippen MR) is 113 cm³/mol. The second-order valence-electron chi connectivity index (χ2n) is 6.18. The molecule has 0 spiro atoms. The van der Waals surface area contributed by atoms with Gasteiger partial charge in [0.2, 0.25) is 0 Å². The van der Waals surface area contributed by atoms with Crippen LogP contribution in [0.15, 0.2) is 42.5 Å². The summed E-state index contributed by atoms with van der Waals surface area (Å²) in [5.74, 6) is 0.390. The SMILES string of the molecule is CCCOc1c(/C=C(\CC(=O)O)c2nc3ccccc3s2)cccc1OCC. The lowest BCUT2D eigenvalue weighted by molar-refractivity contribution is -0.135. The monoisotopic (exact) mass is 397 g/mol. The van der Waals surface area contributed by atoms with E-state index >= 15 is 0 Å². The van der Waals surface area contributed by atoms with E-state index in [1.165, 1.54) is 11.3 Å². The summed E-state index contributed by atoms with van der Waals surface area (Å²) in [6, 6.07) is 13.4. The zero-order chi connectivity index (χ0) is 19.9. The molecule has 0 fully saturated rings. The van der Waals surface area contributed by atoms with Crippen molar-refractivity contribution in [1.82, 2.24) is 4.98 Å². The molecule has 3 rings (SSSR count). The molecule has 0 amide bonds. The van der Waals surface area contributed by atoms with Crippen LogP contribution in [-0.2, 0) is 4.79 Å². The summed E-state index contributed by atoms with van der Waals surface area (Å²) in [4.78, 5) is 16.1. The molecule has 0 bridgehead atoms. The van der Waals surface area contributed by atoms with Crippen molar-refractivity contribution >= 4 is 39.2 Å². The molecule has 5 nitrogen and oxygen atoms in total. The smallest absolute Gasteiger partial charge is 0.307 e. The average Bonchev–Trinajstić information content (AvgIpc) is 3.11. The molecule has 1 heterocycles. The van der Waals surface area contributed by atoms with Gasteiger partial charge in [0.15, 0.2) is 11.5 Å². The molecular weight excluding hydrogens is 374 g/mol. The Hall–Kier alpha value is -2.86. The highest BCUT2D eigenvalue weighted by Gasteiger charge is 2.16. The standard InChI is InChI=1S/C22H23NO4S/c1-3-12-27-21-15(8-7-10-18(21)26-4-2)13-16(14-20(24)25)22-23-17-9-5-6-11-19(17)28-22/h5-11,13H,3-4,12,14H2,1-2H3,(H,24,25)/b16-13+. The van der Waals surface area contributed by atoms with Gasteiger partial charge in [-0.15, -0.1) is 11.3 Å². The number of nitrogens with zero attached hydrogens (tertiary/aromatic N) is 1. The Morgan fingerprint density at radius 3 is 2.68 bits per heavy atom. The second kappa shape index (κ2) is 9.37. The number of ether oxygens (including phenoxy) is 2. The highest BCUT2D eigenvalue weighted by Crippen LogP contribution is 2.36. The van der Waals surface area contributed by atoms with Gasteiger partial charge in [0, 0.05) is 5.56 Å². The fourth-order valence-electron chi connectivity index (χ4n) is 2.82. The first kappa shape index (κ1) is 19.9. The number of benzene rings is 2. The van der Waals surface area contributed by atoms with Crippen LogP contribution >= 0.6 is 11.3 Å². The van der Waals surface area contributed by atoms with Gasteiger partial charge in [-0.25, -0.2) is 4.98 Å². The molecular formula is C22H23NO4S. The van der Waals surface area contributed by atoms with Crippen LogP contribution in [0.25, 0.3) is 21.9 Å². The van der Waals surface area contributed by atoms with E-state index in [0.717, 1.165) is 22.2 Å². The number of aliphatic carboxylic acids is 1. The summed E-state index contributed by atoms with van der Waals surface area (Å²) in [6.07, 6.45) is 2.59. The lowest BCUT2D eigenvalue weighted by atomic mass is 10.1. The maximum atomic E-state index is 11.5. The third kappa shape index (κ3) is 4.70. The van der Waals surface area contributed by atoms with Crippen LogP contribution in [0.2, 0.25) is 0 Å². The maximum absolute atomic E-state index is 11.5. The van der Waals surface area contributed by atoms with Gasteiger partial charge in [0.05, 0.1) is 29.9 Å². The number of fused-ring (bicyclic) bond motifs is 1. The van der Waals surface area contributed by atoms with Gasteiger partial charge in [-0.3, -0.25) is 4.79 Å². The maximum Gasteiger partial charge on any atom is 0.307 e. The predicted octanol–water partition coefficient (Wildman–Crippen LogP) is 5.50. The molecule has 6 heteroatoms. The largest absolute Gasteiger partial charge is 0.490 e. The summed E-state index contributed by atoms with van der Waals surface area (Å²) in [5.41, 5.74) is 2.29. The lowest BCUT2D eigenvalue weighted by Crippen LogP contribution is -2.02. The molecule has 0 aliphatic heterocycles. The Morgan fingerprint density at radius 1 is 1.14 bits per heavy atom. The Labute approximate surface area is 168 Å².